The number of rotatable bonds is 2. The lowest BCUT2D eigenvalue weighted by atomic mass is 10.1. The van der Waals surface area contributed by atoms with Gasteiger partial charge in [0, 0.05) is 18.3 Å². The maximum absolute atomic E-state index is 12.2. The number of nitrogens with one attached hydrogen (secondary N) is 2. The summed E-state index contributed by atoms with van der Waals surface area (Å²) in [6.07, 6.45) is 2.77. The van der Waals surface area contributed by atoms with E-state index in [4.69, 9.17) is 4.74 Å². The van der Waals surface area contributed by atoms with Crippen molar-refractivity contribution in [3.8, 4) is 0 Å². The molecule has 3 rings (SSSR count). The van der Waals surface area contributed by atoms with Gasteiger partial charge in [-0.3, -0.25) is 4.79 Å². The Morgan fingerprint density at radius 2 is 2.17 bits per heavy atom. The summed E-state index contributed by atoms with van der Waals surface area (Å²) in [4.78, 5) is 12.2. The van der Waals surface area contributed by atoms with Crippen LogP contribution in [0, 0.1) is 0 Å². The first kappa shape index (κ1) is 11.7. The minimum atomic E-state index is -0.107. The van der Waals surface area contributed by atoms with Crippen molar-refractivity contribution in [3.63, 3.8) is 0 Å². The Kier molecular flexibility index (Phi) is 3.30. The van der Waals surface area contributed by atoms with Gasteiger partial charge in [-0.05, 0) is 30.9 Å². The average molecular weight is 246 g/mol. The first-order chi connectivity index (χ1) is 8.83. The second kappa shape index (κ2) is 5.08. The van der Waals surface area contributed by atoms with Crippen molar-refractivity contribution in [2.75, 3.05) is 18.5 Å². The lowest BCUT2D eigenvalue weighted by Gasteiger charge is -2.19. The lowest BCUT2D eigenvalue weighted by Crippen LogP contribution is -2.45. The molecule has 0 spiro atoms. The summed E-state index contributed by atoms with van der Waals surface area (Å²) < 4.78 is 5.33. The summed E-state index contributed by atoms with van der Waals surface area (Å²) in [5, 5.41) is 6.41. The first-order valence-electron chi connectivity index (χ1n) is 6.55. The fraction of sp³-hybridized carbons (Fsp3) is 0.500. The van der Waals surface area contributed by atoms with Gasteiger partial charge in [-0.25, -0.2) is 0 Å². The number of carbonyl (C=O) groups is 1. The van der Waals surface area contributed by atoms with E-state index in [0.717, 1.165) is 38.2 Å². The van der Waals surface area contributed by atoms with Crippen LogP contribution in [-0.2, 0) is 16.0 Å². The molecule has 2 atom stereocenters. The largest absolute Gasteiger partial charge is 0.380 e. The van der Waals surface area contributed by atoms with Crippen molar-refractivity contribution < 1.29 is 9.53 Å². The molecular formula is C14H18N2O2. The standard InChI is InChI=1S/C14H18N2O2/c17-14-13(15-11-7-8-18-9-11)6-5-10-3-1-2-4-12(10)16-14/h1-4,11,13,15H,5-9H2,(H,16,17). The summed E-state index contributed by atoms with van der Waals surface area (Å²) in [5.74, 6) is 0.0758. The van der Waals surface area contributed by atoms with E-state index in [2.05, 4.69) is 16.7 Å². The monoisotopic (exact) mass is 246 g/mol. The number of anilines is 1. The lowest BCUT2D eigenvalue weighted by molar-refractivity contribution is -0.118. The second-order valence-corrected chi connectivity index (χ2v) is 4.96. The minimum Gasteiger partial charge on any atom is -0.380 e. The molecule has 1 saturated heterocycles. The van der Waals surface area contributed by atoms with Gasteiger partial charge in [0.05, 0.1) is 12.6 Å². The highest BCUT2D eigenvalue weighted by molar-refractivity contribution is 5.96. The third kappa shape index (κ3) is 2.40. The van der Waals surface area contributed by atoms with Crippen LogP contribution in [-0.4, -0.2) is 31.2 Å². The predicted octanol–water partition coefficient (Wildman–Crippen LogP) is 1.32. The van der Waals surface area contributed by atoms with Crippen LogP contribution in [0.25, 0.3) is 0 Å². The first-order valence-corrected chi connectivity index (χ1v) is 6.55. The van der Waals surface area contributed by atoms with Crippen molar-refractivity contribution in [1.82, 2.24) is 5.32 Å². The number of amides is 1. The topological polar surface area (TPSA) is 50.4 Å². The highest BCUT2D eigenvalue weighted by Crippen LogP contribution is 2.22. The molecule has 2 N–H and O–H groups in total. The smallest absolute Gasteiger partial charge is 0.241 e. The molecule has 2 unspecified atom stereocenters. The normalized spacial score (nSPS) is 27.4. The van der Waals surface area contributed by atoms with E-state index in [-0.39, 0.29) is 11.9 Å². The highest BCUT2D eigenvalue weighted by Gasteiger charge is 2.27. The summed E-state index contributed by atoms with van der Waals surface area (Å²) in [7, 11) is 0. The van der Waals surface area contributed by atoms with Crippen LogP contribution in [0.2, 0.25) is 0 Å². The van der Waals surface area contributed by atoms with Crippen LogP contribution in [0.3, 0.4) is 0 Å². The Labute approximate surface area is 107 Å². The van der Waals surface area contributed by atoms with Gasteiger partial charge in [-0.15, -0.1) is 0 Å². The number of benzene rings is 1. The molecule has 18 heavy (non-hydrogen) atoms. The summed E-state index contributed by atoms with van der Waals surface area (Å²) in [6.45, 7) is 1.52. The molecule has 96 valence electrons. The Morgan fingerprint density at radius 1 is 1.28 bits per heavy atom. The van der Waals surface area contributed by atoms with Gasteiger partial charge in [0.1, 0.15) is 0 Å². The predicted molar refractivity (Wildman–Crippen MR) is 69.5 cm³/mol. The third-order valence-electron chi connectivity index (χ3n) is 3.66. The SMILES string of the molecule is O=C1Nc2ccccc2CCC1NC1CCOC1. The van der Waals surface area contributed by atoms with Crippen LogP contribution >= 0.6 is 0 Å². The molecular weight excluding hydrogens is 228 g/mol. The number of fused-ring (bicyclic) bond motifs is 1. The molecule has 0 radical (unpaired) electrons. The maximum atomic E-state index is 12.2. The molecule has 4 nitrogen and oxygen atoms in total. The number of ether oxygens (including phenoxy) is 1. The summed E-state index contributed by atoms with van der Waals surface area (Å²) in [6, 6.07) is 8.23. The van der Waals surface area contributed by atoms with E-state index in [9.17, 15) is 4.79 Å². The number of para-hydroxylation sites is 1. The highest BCUT2D eigenvalue weighted by atomic mass is 16.5. The second-order valence-electron chi connectivity index (χ2n) is 4.96. The Morgan fingerprint density at radius 3 is 3.00 bits per heavy atom. The molecule has 0 bridgehead atoms. The molecule has 0 aromatic heterocycles. The van der Waals surface area contributed by atoms with E-state index in [1.807, 2.05) is 18.2 Å². The van der Waals surface area contributed by atoms with Gasteiger partial charge in [-0.2, -0.15) is 0 Å². The molecule has 0 saturated carbocycles. The minimum absolute atomic E-state index is 0.0758. The van der Waals surface area contributed by atoms with E-state index >= 15 is 0 Å². The maximum Gasteiger partial charge on any atom is 0.241 e. The molecule has 4 heteroatoms. The number of carbonyl (C=O) groups excluding carboxylic acids is 1. The number of hydrogen-bond donors (Lipinski definition) is 2. The van der Waals surface area contributed by atoms with Crippen molar-refractivity contribution in [2.24, 2.45) is 0 Å². The van der Waals surface area contributed by atoms with Crippen molar-refractivity contribution in [3.05, 3.63) is 29.8 Å². The molecule has 1 fully saturated rings. The summed E-state index contributed by atoms with van der Waals surface area (Å²) in [5.41, 5.74) is 2.17. The zero-order valence-electron chi connectivity index (χ0n) is 10.3. The van der Waals surface area contributed by atoms with Crippen molar-refractivity contribution >= 4 is 11.6 Å². The molecule has 1 aromatic carbocycles. The average Bonchev–Trinajstić information content (AvgIpc) is 2.83. The van der Waals surface area contributed by atoms with Gasteiger partial charge in [0.15, 0.2) is 0 Å². The molecule has 1 aromatic rings. The Hall–Kier alpha value is -1.39. The molecule has 1 amide bonds. The van der Waals surface area contributed by atoms with E-state index < -0.39 is 0 Å². The van der Waals surface area contributed by atoms with Gasteiger partial charge in [0.25, 0.3) is 0 Å². The summed E-state index contributed by atoms with van der Waals surface area (Å²) >= 11 is 0. The Bertz CT molecular complexity index is 441. The van der Waals surface area contributed by atoms with Crippen LogP contribution in [0.15, 0.2) is 24.3 Å². The van der Waals surface area contributed by atoms with E-state index in [1.54, 1.807) is 0 Å². The Balaban J connectivity index is 1.70. The van der Waals surface area contributed by atoms with E-state index in [1.165, 1.54) is 5.56 Å². The van der Waals surface area contributed by atoms with Gasteiger partial charge >= 0.3 is 0 Å². The molecule has 2 aliphatic heterocycles. The van der Waals surface area contributed by atoms with Crippen molar-refractivity contribution in [2.45, 2.75) is 31.3 Å². The fourth-order valence-corrected chi connectivity index (χ4v) is 2.62. The number of aryl methyl sites for hydroxylation is 1. The van der Waals surface area contributed by atoms with Gasteiger partial charge in [-0.1, -0.05) is 18.2 Å². The van der Waals surface area contributed by atoms with Crippen LogP contribution in [0.5, 0.6) is 0 Å². The molecule has 0 aliphatic carbocycles. The molecule has 2 heterocycles. The van der Waals surface area contributed by atoms with Crippen LogP contribution < -0.4 is 10.6 Å². The fourth-order valence-electron chi connectivity index (χ4n) is 2.62. The zero-order valence-corrected chi connectivity index (χ0v) is 10.3. The van der Waals surface area contributed by atoms with Crippen LogP contribution in [0.4, 0.5) is 5.69 Å². The van der Waals surface area contributed by atoms with Gasteiger partial charge in [0.2, 0.25) is 5.91 Å². The third-order valence-corrected chi connectivity index (χ3v) is 3.66. The van der Waals surface area contributed by atoms with Crippen molar-refractivity contribution in [1.29, 1.82) is 0 Å². The van der Waals surface area contributed by atoms with Crippen LogP contribution in [0.1, 0.15) is 18.4 Å². The van der Waals surface area contributed by atoms with Gasteiger partial charge < -0.3 is 15.4 Å². The molecule has 2 aliphatic rings. The quantitative estimate of drug-likeness (QED) is 0.827. The van der Waals surface area contributed by atoms with E-state index in [0.29, 0.717) is 6.04 Å². The zero-order chi connectivity index (χ0) is 12.4. The number of hydrogen-bond acceptors (Lipinski definition) is 3.